The highest BCUT2D eigenvalue weighted by Crippen LogP contribution is 2.32. The van der Waals surface area contributed by atoms with Crippen LogP contribution in [0.4, 0.5) is 0 Å². The number of rotatable bonds is 2. The van der Waals surface area contributed by atoms with Crippen molar-refractivity contribution in [3.63, 3.8) is 0 Å². The Balaban J connectivity index is 1.91. The third kappa shape index (κ3) is 2.38. The van der Waals surface area contributed by atoms with Crippen LogP contribution in [0.2, 0.25) is 0 Å². The lowest BCUT2D eigenvalue weighted by atomic mass is 9.80. The van der Waals surface area contributed by atoms with Crippen LogP contribution in [-0.4, -0.2) is 11.2 Å². The summed E-state index contributed by atoms with van der Waals surface area (Å²) in [5.74, 6) is 0.577. The average Bonchev–Trinajstić information content (AvgIpc) is 2.30. The number of hydrogen-bond acceptors (Lipinski definition) is 1. The molecule has 80 valence electrons. The Hall–Kier alpha value is -0.300. The van der Waals surface area contributed by atoms with Crippen molar-refractivity contribution in [2.45, 2.75) is 63.9 Å². The highest BCUT2D eigenvalue weighted by atomic mass is 16.3. The molecule has 0 bridgehead atoms. The molecule has 0 spiro atoms. The molecule has 0 radical (unpaired) electrons. The maximum absolute atomic E-state index is 10.2. The van der Waals surface area contributed by atoms with E-state index >= 15 is 0 Å². The van der Waals surface area contributed by atoms with Crippen LogP contribution in [0.1, 0.15) is 57.8 Å². The van der Waals surface area contributed by atoms with Crippen molar-refractivity contribution < 1.29 is 5.11 Å². The molecule has 14 heavy (non-hydrogen) atoms. The highest BCUT2D eigenvalue weighted by molar-refractivity contribution is 5.12. The van der Waals surface area contributed by atoms with Gasteiger partial charge in [-0.3, -0.25) is 0 Å². The molecule has 0 aromatic heterocycles. The summed E-state index contributed by atoms with van der Waals surface area (Å²) < 4.78 is 0. The number of allylic oxidation sites excluding steroid dienone is 1. The summed E-state index contributed by atoms with van der Waals surface area (Å²) in [4.78, 5) is 0. The monoisotopic (exact) mass is 194 g/mol. The van der Waals surface area contributed by atoms with Gasteiger partial charge in [-0.1, -0.05) is 25.3 Å². The summed E-state index contributed by atoms with van der Waals surface area (Å²) in [7, 11) is 0. The summed E-state index contributed by atoms with van der Waals surface area (Å²) in [5.41, 5.74) is 1.35. The topological polar surface area (TPSA) is 20.2 Å². The van der Waals surface area contributed by atoms with Crippen LogP contribution >= 0.6 is 0 Å². The van der Waals surface area contributed by atoms with Crippen LogP contribution in [0.15, 0.2) is 11.6 Å². The zero-order valence-electron chi connectivity index (χ0n) is 9.04. The fourth-order valence-electron chi connectivity index (χ4n) is 2.88. The second kappa shape index (κ2) is 4.97. The van der Waals surface area contributed by atoms with Crippen molar-refractivity contribution in [3.8, 4) is 0 Å². The minimum Gasteiger partial charge on any atom is -0.388 e. The van der Waals surface area contributed by atoms with E-state index in [1.165, 1.54) is 56.9 Å². The molecule has 1 nitrogen and oxygen atoms in total. The van der Waals surface area contributed by atoms with Crippen LogP contribution in [0.3, 0.4) is 0 Å². The molecule has 0 heterocycles. The van der Waals surface area contributed by atoms with Crippen LogP contribution < -0.4 is 0 Å². The first-order valence-electron chi connectivity index (χ1n) is 6.25. The molecule has 2 aliphatic rings. The third-order valence-corrected chi connectivity index (χ3v) is 3.80. The molecule has 2 aliphatic carbocycles. The van der Waals surface area contributed by atoms with Crippen molar-refractivity contribution in [1.29, 1.82) is 0 Å². The number of hydrogen-bond donors (Lipinski definition) is 1. The van der Waals surface area contributed by atoms with Gasteiger partial charge in [0.25, 0.3) is 0 Å². The van der Waals surface area contributed by atoms with E-state index in [0.717, 1.165) is 6.42 Å². The van der Waals surface area contributed by atoms with Crippen LogP contribution in [0.5, 0.6) is 0 Å². The van der Waals surface area contributed by atoms with Crippen LogP contribution in [0.25, 0.3) is 0 Å². The normalized spacial score (nSPS) is 27.1. The molecular weight excluding hydrogens is 172 g/mol. The van der Waals surface area contributed by atoms with E-state index in [4.69, 9.17) is 0 Å². The van der Waals surface area contributed by atoms with Gasteiger partial charge in [-0.2, -0.15) is 0 Å². The van der Waals surface area contributed by atoms with Gasteiger partial charge < -0.3 is 5.11 Å². The largest absolute Gasteiger partial charge is 0.388 e. The Kier molecular flexibility index (Phi) is 3.63. The van der Waals surface area contributed by atoms with Gasteiger partial charge in [0.1, 0.15) is 0 Å². The SMILES string of the molecule is OC(C1=CCCCC1)C1CCCCC1. The standard InChI is InChI=1S/C13H22O/c14-13(11-7-3-1-4-8-11)12-9-5-2-6-10-12/h7,12-14H,1-6,8-10H2. The zero-order valence-corrected chi connectivity index (χ0v) is 9.04. The molecule has 1 atom stereocenters. The molecule has 0 aromatic carbocycles. The minimum absolute atomic E-state index is 0.101. The fraction of sp³-hybridized carbons (Fsp3) is 0.846. The number of aliphatic hydroxyl groups is 1. The van der Waals surface area contributed by atoms with Gasteiger partial charge >= 0.3 is 0 Å². The maximum Gasteiger partial charge on any atom is 0.0778 e. The van der Waals surface area contributed by atoms with Gasteiger partial charge in [-0.05, 0) is 50.0 Å². The zero-order chi connectivity index (χ0) is 9.80. The lowest BCUT2D eigenvalue weighted by Crippen LogP contribution is -2.25. The predicted molar refractivity (Wildman–Crippen MR) is 59.1 cm³/mol. The first-order chi connectivity index (χ1) is 6.88. The van der Waals surface area contributed by atoms with E-state index in [2.05, 4.69) is 6.08 Å². The molecule has 2 rings (SSSR count). The molecule has 0 aliphatic heterocycles. The molecule has 0 amide bonds. The van der Waals surface area contributed by atoms with E-state index < -0.39 is 0 Å². The molecule has 0 saturated heterocycles. The molecule has 1 fully saturated rings. The van der Waals surface area contributed by atoms with Crippen molar-refractivity contribution >= 4 is 0 Å². The van der Waals surface area contributed by atoms with Gasteiger partial charge in [0.05, 0.1) is 6.10 Å². The number of aliphatic hydroxyl groups excluding tert-OH is 1. The smallest absolute Gasteiger partial charge is 0.0778 e. The Morgan fingerprint density at radius 2 is 1.86 bits per heavy atom. The second-order valence-corrected chi connectivity index (χ2v) is 4.87. The van der Waals surface area contributed by atoms with E-state index in [-0.39, 0.29) is 6.10 Å². The lowest BCUT2D eigenvalue weighted by Gasteiger charge is -2.29. The molecule has 1 heteroatoms. The molecule has 0 aromatic rings. The highest BCUT2D eigenvalue weighted by Gasteiger charge is 2.24. The summed E-state index contributed by atoms with van der Waals surface area (Å²) in [6.07, 6.45) is 13.7. The Bertz CT molecular complexity index is 201. The van der Waals surface area contributed by atoms with Gasteiger partial charge in [0, 0.05) is 0 Å². The van der Waals surface area contributed by atoms with Crippen molar-refractivity contribution in [1.82, 2.24) is 0 Å². The van der Waals surface area contributed by atoms with E-state index in [1.54, 1.807) is 0 Å². The maximum atomic E-state index is 10.2. The lowest BCUT2D eigenvalue weighted by molar-refractivity contribution is 0.110. The van der Waals surface area contributed by atoms with Gasteiger partial charge in [0.15, 0.2) is 0 Å². The van der Waals surface area contributed by atoms with Crippen molar-refractivity contribution in [3.05, 3.63) is 11.6 Å². The predicted octanol–water partition coefficient (Wildman–Crippen LogP) is 3.43. The minimum atomic E-state index is -0.101. The molecular formula is C13H22O. The first kappa shape index (κ1) is 10.2. The van der Waals surface area contributed by atoms with Crippen molar-refractivity contribution in [2.24, 2.45) is 5.92 Å². The van der Waals surface area contributed by atoms with E-state index in [0.29, 0.717) is 5.92 Å². The van der Waals surface area contributed by atoms with E-state index in [9.17, 15) is 5.11 Å². The summed E-state index contributed by atoms with van der Waals surface area (Å²) >= 11 is 0. The van der Waals surface area contributed by atoms with Crippen molar-refractivity contribution in [2.75, 3.05) is 0 Å². The average molecular weight is 194 g/mol. The summed E-state index contributed by atoms with van der Waals surface area (Å²) in [6.45, 7) is 0. The third-order valence-electron chi connectivity index (χ3n) is 3.80. The second-order valence-electron chi connectivity index (χ2n) is 4.87. The van der Waals surface area contributed by atoms with Gasteiger partial charge in [0.2, 0.25) is 0 Å². The quantitative estimate of drug-likeness (QED) is 0.668. The summed E-state index contributed by atoms with van der Waals surface area (Å²) in [5, 5.41) is 10.2. The fourth-order valence-corrected chi connectivity index (χ4v) is 2.88. The van der Waals surface area contributed by atoms with Crippen LogP contribution in [0, 0.1) is 5.92 Å². The molecule has 1 N–H and O–H groups in total. The summed E-state index contributed by atoms with van der Waals surface area (Å²) in [6, 6.07) is 0. The Morgan fingerprint density at radius 3 is 2.50 bits per heavy atom. The Morgan fingerprint density at radius 1 is 1.07 bits per heavy atom. The van der Waals surface area contributed by atoms with E-state index in [1.807, 2.05) is 0 Å². The molecule has 1 saturated carbocycles. The first-order valence-corrected chi connectivity index (χ1v) is 6.25. The van der Waals surface area contributed by atoms with Crippen LogP contribution in [-0.2, 0) is 0 Å². The Labute approximate surface area is 87.2 Å². The van der Waals surface area contributed by atoms with Gasteiger partial charge in [-0.15, -0.1) is 0 Å². The molecule has 1 unspecified atom stereocenters. The van der Waals surface area contributed by atoms with Gasteiger partial charge in [-0.25, -0.2) is 0 Å².